The van der Waals surface area contributed by atoms with Crippen LogP contribution in [0.5, 0.6) is 0 Å². The van der Waals surface area contributed by atoms with Gasteiger partial charge in [0.2, 0.25) is 5.28 Å². The number of carbonyl (C=O) groups is 1. The summed E-state index contributed by atoms with van der Waals surface area (Å²) in [7, 11) is 0. The van der Waals surface area contributed by atoms with Crippen molar-refractivity contribution in [2.24, 2.45) is 0 Å². The van der Waals surface area contributed by atoms with E-state index in [-0.39, 0.29) is 11.2 Å². The molecule has 6 heteroatoms. The minimum absolute atomic E-state index is 0.0894. The molecule has 0 aliphatic rings. The Morgan fingerprint density at radius 3 is 2.67 bits per heavy atom. The first kappa shape index (κ1) is 12.4. The van der Waals surface area contributed by atoms with Crippen LogP contribution in [0.15, 0.2) is 24.4 Å². The number of aromatic nitrogens is 3. The summed E-state index contributed by atoms with van der Waals surface area (Å²) in [5.41, 5.74) is 2.05. The van der Waals surface area contributed by atoms with E-state index in [0.29, 0.717) is 17.1 Å². The molecule has 0 aromatic carbocycles. The topological polar surface area (TPSA) is 67.8 Å². The van der Waals surface area contributed by atoms with E-state index < -0.39 is 0 Å². The van der Waals surface area contributed by atoms with Crippen molar-refractivity contribution in [2.75, 3.05) is 5.32 Å². The summed E-state index contributed by atoms with van der Waals surface area (Å²) in [5.74, 6) is 0.0924. The lowest BCUT2D eigenvalue weighted by atomic mass is 10.2. The van der Waals surface area contributed by atoms with Crippen LogP contribution >= 0.6 is 11.6 Å². The Morgan fingerprint density at radius 2 is 2.00 bits per heavy atom. The van der Waals surface area contributed by atoms with E-state index >= 15 is 0 Å². The van der Waals surface area contributed by atoms with E-state index in [2.05, 4.69) is 20.3 Å². The van der Waals surface area contributed by atoms with Crippen molar-refractivity contribution < 1.29 is 4.79 Å². The van der Waals surface area contributed by atoms with E-state index in [1.54, 1.807) is 25.1 Å². The van der Waals surface area contributed by atoms with Crippen molar-refractivity contribution in [3.63, 3.8) is 0 Å². The van der Waals surface area contributed by atoms with Gasteiger partial charge in [0.05, 0.1) is 11.3 Å². The van der Waals surface area contributed by atoms with Crippen LogP contribution in [0.2, 0.25) is 5.28 Å². The highest BCUT2D eigenvalue weighted by Crippen LogP contribution is 2.11. The monoisotopic (exact) mass is 262 g/mol. The van der Waals surface area contributed by atoms with Gasteiger partial charge in [-0.05, 0) is 43.6 Å². The lowest BCUT2D eigenvalue weighted by molar-refractivity contribution is 0.102. The molecule has 0 spiro atoms. The van der Waals surface area contributed by atoms with Gasteiger partial charge in [0, 0.05) is 11.9 Å². The minimum Gasteiger partial charge on any atom is -0.306 e. The zero-order valence-electron chi connectivity index (χ0n) is 9.94. The van der Waals surface area contributed by atoms with Crippen molar-refractivity contribution >= 4 is 23.3 Å². The predicted molar refractivity (Wildman–Crippen MR) is 68.7 cm³/mol. The van der Waals surface area contributed by atoms with Gasteiger partial charge in [0.25, 0.3) is 5.91 Å². The summed E-state index contributed by atoms with van der Waals surface area (Å²) in [6, 6.07) is 5.09. The number of hydrogen-bond acceptors (Lipinski definition) is 4. The zero-order valence-corrected chi connectivity index (χ0v) is 10.7. The molecular formula is C12H11ClN4O. The van der Waals surface area contributed by atoms with Gasteiger partial charge in [-0.1, -0.05) is 0 Å². The molecule has 0 radical (unpaired) electrons. The Bertz CT molecular complexity index is 600. The molecule has 0 fully saturated rings. The molecule has 0 bridgehead atoms. The fourth-order valence-corrected chi connectivity index (χ4v) is 1.66. The fraction of sp³-hybridized carbons (Fsp3) is 0.167. The average molecular weight is 263 g/mol. The maximum absolute atomic E-state index is 12.0. The van der Waals surface area contributed by atoms with E-state index in [9.17, 15) is 4.79 Å². The summed E-state index contributed by atoms with van der Waals surface area (Å²) in [6.07, 6.45) is 1.48. The van der Waals surface area contributed by atoms with Gasteiger partial charge < -0.3 is 5.32 Å². The number of halogens is 1. The minimum atomic E-state index is -0.269. The molecule has 0 aliphatic heterocycles. The second kappa shape index (κ2) is 5.10. The molecule has 0 atom stereocenters. The number of nitrogens with one attached hydrogen (secondary N) is 1. The Balaban J connectivity index is 2.22. The third-order valence-electron chi connectivity index (χ3n) is 2.34. The van der Waals surface area contributed by atoms with E-state index in [0.717, 1.165) is 5.69 Å². The quantitative estimate of drug-likeness (QED) is 0.844. The van der Waals surface area contributed by atoms with Crippen molar-refractivity contribution in [3.8, 4) is 0 Å². The van der Waals surface area contributed by atoms with Crippen LogP contribution in [0.25, 0.3) is 0 Å². The fourth-order valence-electron chi connectivity index (χ4n) is 1.51. The number of aryl methyl sites for hydroxylation is 2. The third-order valence-corrected chi connectivity index (χ3v) is 2.52. The molecule has 0 saturated carbocycles. The van der Waals surface area contributed by atoms with Crippen LogP contribution in [0.3, 0.4) is 0 Å². The van der Waals surface area contributed by atoms with Crippen LogP contribution in [0.1, 0.15) is 21.7 Å². The molecule has 0 aliphatic carbocycles. The molecule has 2 aromatic rings. The Kier molecular flexibility index (Phi) is 3.53. The van der Waals surface area contributed by atoms with Crippen LogP contribution in [0.4, 0.5) is 5.82 Å². The highest BCUT2D eigenvalue weighted by Gasteiger charge is 2.11. The molecule has 1 amide bonds. The zero-order chi connectivity index (χ0) is 13.1. The second-order valence-electron chi connectivity index (χ2n) is 3.75. The Morgan fingerprint density at radius 1 is 1.22 bits per heavy atom. The van der Waals surface area contributed by atoms with E-state index in [4.69, 9.17) is 11.6 Å². The number of hydrogen-bond donors (Lipinski definition) is 1. The lowest BCUT2D eigenvalue weighted by Gasteiger charge is -2.07. The van der Waals surface area contributed by atoms with Crippen molar-refractivity contribution in [1.29, 1.82) is 0 Å². The smallest absolute Gasteiger partial charge is 0.258 e. The summed E-state index contributed by atoms with van der Waals surface area (Å²) >= 11 is 5.64. The van der Waals surface area contributed by atoms with Gasteiger partial charge in [0.1, 0.15) is 5.82 Å². The number of pyridine rings is 1. The number of rotatable bonds is 2. The first-order valence-electron chi connectivity index (χ1n) is 5.30. The van der Waals surface area contributed by atoms with Crippen LogP contribution < -0.4 is 5.32 Å². The van der Waals surface area contributed by atoms with Crippen molar-refractivity contribution in [2.45, 2.75) is 13.8 Å². The van der Waals surface area contributed by atoms with Crippen molar-refractivity contribution in [1.82, 2.24) is 15.0 Å². The number of amides is 1. The van der Waals surface area contributed by atoms with Gasteiger partial charge in [-0.2, -0.15) is 0 Å². The highest BCUT2D eigenvalue weighted by molar-refractivity contribution is 6.28. The normalized spacial score (nSPS) is 10.2. The average Bonchev–Trinajstić information content (AvgIpc) is 2.28. The molecule has 0 unspecified atom stereocenters. The summed E-state index contributed by atoms with van der Waals surface area (Å²) < 4.78 is 0. The van der Waals surface area contributed by atoms with Crippen LogP contribution in [0, 0.1) is 13.8 Å². The molecular weight excluding hydrogens is 252 g/mol. The van der Waals surface area contributed by atoms with Gasteiger partial charge in [0.15, 0.2) is 0 Å². The standard InChI is InChI=1S/C12H11ClN4O/c1-7-3-4-9(8(2)15-7)11(18)16-10-5-6-14-12(13)17-10/h3-6H,1-2H3,(H,14,16,17,18). The molecule has 92 valence electrons. The lowest BCUT2D eigenvalue weighted by Crippen LogP contribution is -2.15. The van der Waals surface area contributed by atoms with Gasteiger partial charge in [-0.3, -0.25) is 9.78 Å². The number of anilines is 1. The highest BCUT2D eigenvalue weighted by atomic mass is 35.5. The molecule has 2 aromatic heterocycles. The summed E-state index contributed by atoms with van der Waals surface area (Å²) in [6.45, 7) is 3.66. The largest absolute Gasteiger partial charge is 0.306 e. The maximum atomic E-state index is 12.0. The summed E-state index contributed by atoms with van der Waals surface area (Å²) in [4.78, 5) is 23.9. The van der Waals surface area contributed by atoms with Crippen LogP contribution in [-0.4, -0.2) is 20.9 Å². The first-order chi connectivity index (χ1) is 8.56. The molecule has 0 saturated heterocycles. The molecule has 1 N–H and O–H groups in total. The Labute approximate surface area is 109 Å². The number of nitrogens with zero attached hydrogens (tertiary/aromatic N) is 3. The van der Waals surface area contributed by atoms with Gasteiger partial charge >= 0.3 is 0 Å². The SMILES string of the molecule is Cc1ccc(C(=O)Nc2ccnc(Cl)n2)c(C)n1. The second-order valence-corrected chi connectivity index (χ2v) is 4.09. The van der Waals surface area contributed by atoms with Crippen molar-refractivity contribution in [3.05, 3.63) is 46.6 Å². The van der Waals surface area contributed by atoms with E-state index in [1.807, 2.05) is 6.92 Å². The van der Waals surface area contributed by atoms with E-state index in [1.165, 1.54) is 6.20 Å². The summed E-state index contributed by atoms with van der Waals surface area (Å²) in [5, 5.41) is 2.73. The number of carbonyl (C=O) groups excluding carboxylic acids is 1. The predicted octanol–water partition coefficient (Wildman–Crippen LogP) is 2.39. The first-order valence-corrected chi connectivity index (χ1v) is 5.68. The molecule has 18 heavy (non-hydrogen) atoms. The Hall–Kier alpha value is -2.01. The molecule has 5 nitrogen and oxygen atoms in total. The van der Waals surface area contributed by atoms with Crippen LogP contribution in [-0.2, 0) is 0 Å². The van der Waals surface area contributed by atoms with Gasteiger partial charge in [-0.25, -0.2) is 9.97 Å². The third kappa shape index (κ3) is 2.81. The molecule has 2 heterocycles. The molecule has 2 rings (SSSR count). The maximum Gasteiger partial charge on any atom is 0.258 e. The van der Waals surface area contributed by atoms with Gasteiger partial charge in [-0.15, -0.1) is 0 Å².